The monoisotopic (exact) mass is 687 g/mol. The molecule has 2 aromatic heterocycles. The minimum atomic E-state index is -5.29. The normalized spacial score (nSPS) is 24.5. The molecule has 3 heterocycles. The molecule has 4 unspecified atom stereocenters. The van der Waals surface area contributed by atoms with E-state index in [1.165, 1.54) is 10.9 Å². The van der Waals surface area contributed by atoms with Crippen LogP contribution in [0.4, 0.5) is 5.82 Å². The lowest BCUT2D eigenvalue weighted by Gasteiger charge is -2.20. The Morgan fingerprint density at radius 1 is 1.00 bits per heavy atom. The number of nitrogens with zero attached hydrogens (tertiary/aromatic N) is 4. The van der Waals surface area contributed by atoms with Crippen molar-refractivity contribution < 1.29 is 91.7 Å². The second-order valence-corrected chi connectivity index (χ2v) is 12.5. The van der Waals surface area contributed by atoms with Crippen molar-refractivity contribution in [1.82, 2.24) is 19.5 Å². The van der Waals surface area contributed by atoms with Gasteiger partial charge in [0.25, 0.3) is 0 Å². The lowest BCUT2D eigenvalue weighted by Crippen LogP contribution is -2.45. The molecule has 0 aliphatic carbocycles. The van der Waals surface area contributed by atoms with Gasteiger partial charge in [-0.1, -0.05) is 0 Å². The van der Waals surface area contributed by atoms with Gasteiger partial charge in [-0.25, -0.2) is 28.6 Å². The van der Waals surface area contributed by atoms with Crippen LogP contribution in [0.15, 0.2) is 12.7 Å². The standard InChI is InChI=1S/C10H15N5O10P2.C6H13O9P/c11-8-5-9(13-2-12-8)15(3-14-5)10-7(17)6(16)4(24-10)1-23-27(21,22)25-26(18,19)20;7-1-3(8)5(10)6(11)4(9)2-15-16(12,13)14/h2-4,6-7,10,16-17H,1H2,(H,21,22)(H2,11,12,13)(H2,18,19,20);3,5-8,10-11H,1-2H2,(H2,12,13,14)/t4-,6-,7-,10-;/m1./s1. The summed E-state index contributed by atoms with van der Waals surface area (Å²) in [6.07, 6.45) is -9.00. The first kappa shape index (κ1) is 37.3. The van der Waals surface area contributed by atoms with Crippen molar-refractivity contribution in [3.8, 4) is 0 Å². The highest BCUT2D eigenvalue weighted by Crippen LogP contribution is 2.57. The quantitative estimate of drug-likeness (QED) is 0.0877. The summed E-state index contributed by atoms with van der Waals surface area (Å²) in [6.45, 7) is -2.82. The fraction of sp³-hybridized carbons (Fsp3) is 0.625. The smallest absolute Gasteiger partial charge is 0.394 e. The van der Waals surface area contributed by atoms with Crippen molar-refractivity contribution >= 4 is 46.2 Å². The van der Waals surface area contributed by atoms with Gasteiger partial charge >= 0.3 is 23.5 Å². The topological polar surface area (TPSA) is 397 Å². The molecule has 3 rings (SSSR count). The minimum Gasteiger partial charge on any atom is -0.394 e. The molecule has 0 spiro atoms. The van der Waals surface area contributed by atoms with Gasteiger partial charge < -0.3 is 65.6 Å². The molecule has 8 atom stereocenters. The molecule has 0 amide bonds. The van der Waals surface area contributed by atoms with Crippen LogP contribution in [0.3, 0.4) is 0 Å². The number of ketones is 1. The number of anilines is 1. The highest BCUT2D eigenvalue weighted by atomic mass is 31.3. The number of carbonyl (C=O) groups is 1. The van der Waals surface area contributed by atoms with E-state index in [0.29, 0.717) is 0 Å². The van der Waals surface area contributed by atoms with Crippen molar-refractivity contribution in [2.45, 2.75) is 42.9 Å². The molecular formula is C16H28N5O19P3. The first-order chi connectivity index (χ1) is 19.7. The number of phosphoric acid groups is 3. The molecule has 1 aliphatic rings. The van der Waals surface area contributed by atoms with Crippen molar-refractivity contribution in [2.75, 3.05) is 25.6 Å². The average molecular weight is 687 g/mol. The molecule has 43 heavy (non-hydrogen) atoms. The van der Waals surface area contributed by atoms with Gasteiger partial charge in [0, 0.05) is 0 Å². The van der Waals surface area contributed by atoms with Gasteiger partial charge in [-0.3, -0.25) is 18.4 Å². The zero-order valence-electron chi connectivity index (χ0n) is 21.2. The molecule has 27 heteroatoms. The summed E-state index contributed by atoms with van der Waals surface area (Å²) in [4.78, 5) is 65.6. The number of nitrogens with two attached hydrogens (primary N) is 1. The summed E-state index contributed by atoms with van der Waals surface area (Å²) in [5.41, 5.74) is 6.11. The number of imidazole rings is 1. The molecule has 1 fully saturated rings. The number of Topliss-reactive ketones (excluding diaryl/α,β-unsaturated/α-hetero) is 1. The Bertz CT molecular complexity index is 1380. The van der Waals surface area contributed by atoms with Gasteiger partial charge in [0.2, 0.25) is 0 Å². The Balaban J connectivity index is 0.000000347. The van der Waals surface area contributed by atoms with Gasteiger partial charge in [-0.05, 0) is 0 Å². The number of ether oxygens (including phenoxy) is 1. The van der Waals surface area contributed by atoms with E-state index in [1.54, 1.807) is 0 Å². The molecule has 0 radical (unpaired) electrons. The molecule has 13 N–H and O–H groups in total. The number of aromatic nitrogens is 4. The SMILES string of the molecule is Nc1ncnc2c1ncn2[C@@H]1O[C@H](COP(=O)(O)OP(=O)(O)O)[C@@H](O)[C@H]1O.O=C(COP(=O)(O)O)C(O)C(O)C(O)CO. The largest absolute Gasteiger partial charge is 0.481 e. The Morgan fingerprint density at radius 2 is 1.63 bits per heavy atom. The van der Waals surface area contributed by atoms with E-state index in [4.69, 9.17) is 50.5 Å². The van der Waals surface area contributed by atoms with Crippen LogP contribution in [0.1, 0.15) is 6.23 Å². The first-order valence-corrected chi connectivity index (χ1v) is 15.8. The van der Waals surface area contributed by atoms with Gasteiger partial charge in [-0.2, -0.15) is 4.31 Å². The van der Waals surface area contributed by atoms with Crippen molar-refractivity contribution in [3.05, 3.63) is 12.7 Å². The Morgan fingerprint density at radius 3 is 2.19 bits per heavy atom. The third kappa shape index (κ3) is 10.9. The predicted molar refractivity (Wildman–Crippen MR) is 133 cm³/mol. The number of aliphatic hydroxyl groups is 6. The number of nitrogen functional groups attached to an aromatic ring is 1. The minimum absolute atomic E-state index is 0.0856. The van der Waals surface area contributed by atoms with Crippen molar-refractivity contribution in [2.24, 2.45) is 0 Å². The molecule has 0 bridgehead atoms. The number of aliphatic hydroxyl groups excluding tert-OH is 6. The summed E-state index contributed by atoms with van der Waals surface area (Å²) in [7, 11) is -15.3. The molecule has 246 valence electrons. The summed E-state index contributed by atoms with van der Waals surface area (Å²) < 4.78 is 50.8. The summed E-state index contributed by atoms with van der Waals surface area (Å²) in [5.74, 6) is -1.15. The van der Waals surface area contributed by atoms with Crippen LogP contribution in [-0.2, 0) is 36.6 Å². The molecule has 0 aromatic carbocycles. The number of hydrogen-bond donors (Lipinski definition) is 12. The highest BCUT2D eigenvalue weighted by molar-refractivity contribution is 7.60. The van der Waals surface area contributed by atoms with Gasteiger partial charge in [0.05, 0.1) is 19.5 Å². The van der Waals surface area contributed by atoms with E-state index in [1.807, 2.05) is 0 Å². The second-order valence-electron chi connectivity index (χ2n) is 8.38. The molecule has 24 nitrogen and oxygen atoms in total. The molecule has 0 saturated carbocycles. The predicted octanol–water partition coefficient (Wildman–Crippen LogP) is -5.01. The number of phosphoric ester groups is 2. The fourth-order valence-corrected chi connectivity index (χ4v) is 5.12. The van der Waals surface area contributed by atoms with Crippen LogP contribution < -0.4 is 5.73 Å². The first-order valence-electron chi connectivity index (χ1n) is 11.2. The van der Waals surface area contributed by atoms with Crippen LogP contribution in [0.25, 0.3) is 11.2 Å². The zero-order chi connectivity index (χ0) is 32.9. The van der Waals surface area contributed by atoms with E-state index in [0.717, 1.165) is 6.33 Å². The zero-order valence-corrected chi connectivity index (χ0v) is 23.9. The number of fused-ring (bicyclic) bond motifs is 1. The van der Waals surface area contributed by atoms with Crippen LogP contribution in [0, 0.1) is 0 Å². The molecule has 2 aromatic rings. The third-order valence-electron chi connectivity index (χ3n) is 5.22. The molecule has 1 saturated heterocycles. The van der Waals surface area contributed by atoms with Crippen LogP contribution in [0.2, 0.25) is 0 Å². The maximum atomic E-state index is 11.5. The Labute approximate surface area is 239 Å². The van der Waals surface area contributed by atoms with E-state index in [9.17, 15) is 33.6 Å². The molecular weight excluding hydrogens is 659 g/mol. The van der Waals surface area contributed by atoms with Crippen molar-refractivity contribution in [3.63, 3.8) is 0 Å². The fourth-order valence-electron chi connectivity index (χ4n) is 3.22. The van der Waals surface area contributed by atoms with Crippen LogP contribution in [-0.4, -0.2) is 137 Å². The number of hydrogen-bond acceptors (Lipinski definition) is 18. The number of carbonyl (C=O) groups excluding carboxylic acids is 1. The lowest BCUT2D eigenvalue weighted by molar-refractivity contribution is -0.142. The van der Waals surface area contributed by atoms with E-state index in [2.05, 4.69) is 28.3 Å². The van der Waals surface area contributed by atoms with E-state index in [-0.39, 0.29) is 17.0 Å². The van der Waals surface area contributed by atoms with E-state index >= 15 is 0 Å². The van der Waals surface area contributed by atoms with Gasteiger partial charge in [0.1, 0.15) is 55.1 Å². The summed E-state index contributed by atoms with van der Waals surface area (Å²) in [6, 6.07) is 0. The molecule has 1 aliphatic heterocycles. The van der Waals surface area contributed by atoms with Gasteiger partial charge in [0.15, 0.2) is 23.5 Å². The highest BCUT2D eigenvalue weighted by Gasteiger charge is 2.46. The van der Waals surface area contributed by atoms with Crippen molar-refractivity contribution in [1.29, 1.82) is 0 Å². The maximum absolute atomic E-state index is 11.5. The van der Waals surface area contributed by atoms with Crippen LogP contribution in [0.5, 0.6) is 0 Å². The Kier molecular flexibility index (Phi) is 12.9. The van der Waals surface area contributed by atoms with E-state index < -0.39 is 91.9 Å². The average Bonchev–Trinajstić information content (AvgIpc) is 3.45. The maximum Gasteiger partial charge on any atom is 0.481 e. The Hall–Kier alpha value is -1.89. The van der Waals surface area contributed by atoms with Gasteiger partial charge in [-0.15, -0.1) is 0 Å². The second kappa shape index (κ2) is 14.9. The lowest BCUT2D eigenvalue weighted by atomic mass is 10.1. The summed E-state index contributed by atoms with van der Waals surface area (Å²) >= 11 is 0. The summed E-state index contributed by atoms with van der Waals surface area (Å²) in [5, 5.41) is 55.7. The number of rotatable bonds is 13. The third-order valence-corrected chi connectivity index (χ3v) is 7.84. The van der Waals surface area contributed by atoms with Crippen LogP contribution >= 0.6 is 23.5 Å².